The summed E-state index contributed by atoms with van der Waals surface area (Å²) in [7, 11) is 0. The van der Waals surface area contributed by atoms with Gasteiger partial charge in [0.05, 0.1) is 5.69 Å². The fourth-order valence-electron chi connectivity index (χ4n) is 5.76. The molecule has 1 heterocycles. The van der Waals surface area contributed by atoms with Crippen molar-refractivity contribution in [3.8, 4) is 0 Å². The molecule has 0 radical (unpaired) electrons. The molecule has 194 valence electrons. The SMILES string of the molecule is CC(CCO)C1=CN(c2ccc(NC(=O)CCCc3ccc4ccc5c6c4c3CC=C6C=CC5)cc2)NN1. The van der Waals surface area contributed by atoms with Gasteiger partial charge in [-0.3, -0.25) is 9.80 Å². The van der Waals surface area contributed by atoms with Crippen LogP contribution in [0.25, 0.3) is 16.3 Å². The van der Waals surface area contributed by atoms with E-state index in [1.165, 1.54) is 38.6 Å². The second-order valence-electron chi connectivity index (χ2n) is 10.4. The van der Waals surface area contributed by atoms with Crippen LogP contribution in [0.1, 0.15) is 48.4 Å². The molecule has 1 amide bonds. The number of anilines is 2. The molecular formula is C32H34N4O2. The molecule has 0 saturated carbocycles. The molecule has 3 aromatic rings. The first-order valence-corrected chi connectivity index (χ1v) is 13.6. The number of aryl methyl sites for hydroxylation is 1. The maximum atomic E-state index is 12.7. The molecule has 2 aliphatic carbocycles. The Labute approximate surface area is 223 Å². The summed E-state index contributed by atoms with van der Waals surface area (Å²) < 4.78 is 0. The van der Waals surface area contributed by atoms with E-state index in [0.29, 0.717) is 12.8 Å². The fourth-order valence-corrected chi connectivity index (χ4v) is 5.76. The molecule has 38 heavy (non-hydrogen) atoms. The number of carbonyl (C=O) groups is 1. The van der Waals surface area contributed by atoms with Crippen LogP contribution in [0.4, 0.5) is 11.4 Å². The smallest absolute Gasteiger partial charge is 0.224 e. The number of hydrogen-bond acceptors (Lipinski definition) is 5. The second kappa shape index (κ2) is 10.5. The molecule has 1 aliphatic heterocycles. The number of nitrogens with one attached hydrogen (secondary N) is 3. The number of allylic oxidation sites excluding steroid dienone is 5. The quantitative estimate of drug-likeness (QED) is 0.307. The summed E-state index contributed by atoms with van der Waals surface area (Å²) in [5.41, 5.74) is 16.1. The van der Waals surface area contributed by atoms with Gasteiger partial charge in [-0.1, -0.05) is 49.4 Å². The Bertz CT molecular complexity index is 1470. The van der Waals surface area contributed by atoms with Crippen molar-refractivity contribution in [3.05, 3.63) is 101 Å². The van der Waals surface area contributed by atoms with Crippen LogP contribution in [0.2, 0.25) is 0 Å². The van der Waals surface area contributed by atoms with Crippen LogP contribution >= 0.6 is 0 Å². The van der Waals surface area contributed by atoms with Gasteiger partial charge in [-0.2, -0.15) is 0 Å². The molecule has 3 aromatic carbocycles. The fraction of sp³-hybridized carbons (Fsp3) is 0.281. The van der Waals surface area contributed by atoms with Crippen molar-refractivity contribution in [1.29, 1.82) is 0 Å². The number of rotatable bonds is 9. The van der Waals surface area contributed by atoms with E-state index in [0.717, 1.165) is 42.8 Å². The highest BCUT2D eigenvalue weighted by Gasteiger charge is 2.21. The maximum absolute atomic E-state index is 12.7. The summed E-state index contributed by atoms with van der Waals surface area (Å²) in [5.74, 6) is 0.277. The van der Waals surface area contributed by atoms with Gasteiger partial charge in [0, 0.05) is 36.5 Å². The van der Waals surface area contributed by atoms with Gasteiger partial charge in [0.25, 0.3) is 0 Å². The topological polar surface area (TPSA) is 76.6 Å². The summed E-state index contributed by atoms with van der Waals surface area (Å²) in [6.07, 6.45) is 13.7. The van der Waals surface area contributed by atoms with Crippen LogP contribution in [-0.4, -0.2) is 17.6 Å². The van der Waals surface area contributed by atoms with Crippen LogP contribution in [-0.2, 0) is 24.1 Å². The van der Waals surface area contributed by atoms with E-state index < -0.39 is 0 Å². The highest BCUT2D eigenvalue weighted by molar-refractivity contribution is 6.02. The van der Waals surface area contributed by atoms with Gasteiger partial charge in [0.15, 0.2) is 0 Å². The number of hydrogen-bond donors (Lipinski definition) is 4. The molecule has 0 fully saturated rings. The van der Waals surface area contributed by atoms with E-state index in [4.69, 9.17) is 5.11 Å². The molecule has 0 aromatic heterocycles. The van der Waals surface area contributed by atoms with Gasteiger partial charge in [0.1, 0.15) is 0 Å². The van der Waals surface area contributed by atoms with Crippen molar-refractivity contribution in [2.24, 2.45) is 5.92 Å². The average molecular weight is 507 g/mol. The predicted molar refractivity (Wildman–Crippen MR) is 154 cm³/mol. The van der Waals surface area contributed by atoms with Gasteiger partial charge in [-0.15, -0.1) is 5.53 Å². The van der Waals surface area contributed by atoms with Gasteiger partial charge in [-0.05, 0) is 95.0 Å². The molecule has 6 rings (SSSR count). The number of aliphatic hydroxyl groups is 1. The number of hydrazine groups is 2. The van der Waals surface area contributed by atoms with Crippen molar-refractivity contribution in [1.82, 2.24) is 11.0 Å². The molecule has 3 aliphatic rings. The lowest BCUT2D eigenvalue weighted by Gasteiger charge is -2.24. The van der Waals surface area contributed by atoms with E-state index >= 15 is 0 Å². The van der Waals surface area contributed by atoms with Gasteiger partial charge >= 0.3 is 0 Å². The zero-order valence-electron chi connectivity index (χ0n) is 21.8. The Hall–Kier alpha value is -3.87. The molecular weight excluding hydrogens is 472 g/mol. The molecule has 1 atom stereocenters. The predicted octanol–water partition coefficient (Wildman–Crippen LogP) is 5.54. The number of carbonyl (C=O) groups excluding carboxylic acids is 1. The van der Waals surface area contributed by atoms with Crippen molar-refractivity contribution in [3.63, 3.8) is 0 Å². The van der Waals surface area contributed by atoms with E-state index in [9.17, 15) is 4.79 Å². The maximum Gasteiger partial charge on any atom is 0.224 e. The largest absolute Gasteiger partial charge is 0.396 e. The highest BCUT2D eigenvalue weighted by Crippen LogP contribution is 2.40. The number of benzene rings is 3. The first-order chi connectivity index (χ1) is 18.6. The van der Waals surface area contributed by atoms with Crippen molar-refractivity contribution in [2.45, 2.75) is 45.4 Å². The summed E-state index contributed by atoms with van der Waals surface area (Å²) in [6, 6.07) is 16.8. The van der Waals surface area contributed by atoms with Crippen LogP contribution in [0.3, 0.4) is 0 Å². The Morgan fingerprint density at radius 3 is 2.79 bits per heavy atom. The van der Waals surface area contributed by atoms with E-state index in [1.807, 2.05) is 35.5 Å². The number of aliphatic hydroxyl groups excluding tert-OH is 1. The van der Waals surface area contributed by atoms with E-state index in [2.05, 4.69) is 65.7 Å². The third-order valence-electron chi connectivity index (χ3n) is 7.89. The van der Waals surface area contributed by atoms with Gasteiger partial charge < -0.3 is 15.8 Å². The number of amides is 1. The third-order valence-corrected chi connectivity index (χ3v) is 7.89. The van der Waals surface area contributed by atoms with Crippen LogP contribution in [0.15, 0.2) is 78.7 Å². The molecule has 1 unspecified atom stereocenters. The number of nitrogens with zero attached hydrogens (tertiary/aromatic N) is 1. The monoisotopic (exact) mass is 506 g/mol. The van der Waals surface area contributed by atoms with Crippen LogP contribution in [0.5, 0.6) is 0 Å². The second-order valence-corrected chi connectivity index (χ2v) is 10.4. The molecule has 6 heteroatoms. The first-order valence-electron chi connectivity index (χ1n) is 13.6. The van der Waals surface area contributed by atoms with Crippen molar-refractivity contribution in [2.75, 3.05) is 16.9 Å². The summed E-state index contributed by atoms with van der Waals surface area (Å²) in [4.78, 5) is 12.7. The van der Waals surface area contributed by atoms with Gasteiger partial charge in [0.2, 0.25) is 5.91 Å². The third kappa shape index (κ3) is 4.73. The molecule has 6 nitrogen and oxygen atoms in total. The average Bonchev–Trinajstić information content (AvgIpc) is 3.44. The van der Waals surface area contributed by atoms with Crippen LogP contribution < -0.4 is 21.3 Å². The summed E-state index contributed by atoms with van der Waals surface area (Å²) >= 11 is 0. The van der Waals surface area contributed by atoms with E-state index in [-0.39, 0.29) is 18.4 Å². The lowest BCUT2D eigenvalue weighted by Crippen LogP contribution is -2.37. The minimum atomic E-state index is 0.0397. The lowest BCUT2D eigenvalue weighted by atomic mass is 9.80. The van der Waals surface area contributed by atoms with Gasteiger partial charge in [-0.25, -0.2) is 0 Å². The molecule has 4 N–H and O–H groups in total. The normalized spacial score (nSPS) is 16.2. The Morgan fingerprint density at radius 1 is 1.11 bits per heavy atom. The highest BCUT2D eigenvalue weighted by atomic mass is 16.3. The van der Waals surface area contributed by atoms with E-state index in [1.54, 1.807) is 0 Å². The zero-order valence-corrected chi connectivity index (χ0v) is 21.8. The minimum absolute atomic E-state index is 0.0397. The lowest BCUT2D eigenvalue weighted by molar-refractivity contribution is -0.116. The van der Waals surface area contributed by atoms with Crippen molar-refractivity contribution < 1.29 is 9.90 Å². The molecule has 0 saturated heterocycles. The Morgan fingerprint density at radius 2 is 1.95 bits per heavy atom. The first kappa shape index (κ1) is 24.5. The molecule has 0 bridgehead atoms. The minimum Gasteiger partial charge on any atom is -0.396 e. The molecule has 0 spiro atoms. The Kier molecular flexibility index (Phi) is 6.75. The summed E-state index contributed by atoms with van der Waals surface area (Å²) in [5, 5.41) is 16.8. The summed E-state index contributed by atoms with van der Waals surface area (Å²) in [6.45, 7) is 2.24. The standard InChI is InChI=1S/C32H34N4O2/c1-21(18-19-37)29-20-36(35-34-29)27-15-13-26(14-16-27)33-30(38)7-3-4-22-8-9-25-11-10-23-5-2-6-24-12-17-28(22)32(25)31(23)24/h2,6,8-16,20-21,34-35,37H,3-5,7,17-19H2,1H3,(H,33,38). The Balaban J connectivity index is 1.06. The van der Waals surface area contributed by atoms with Crippen LogP contribution in [0, 0.1) is 5.92 Å². The zero-order chi connectivity index (χ0) is 26.1. The van der Waals surface area contributed by atoms with Crippen molar-refractivity contribution >= 4 is 33.6 Å².